The maximum Gasteiger partial charge on any atom is 0.573 e. The summed E-state index contributed by atoms with van der Waals surface area (Å²) in [7, 11) is 0. The summed E-state index contributed by atoms with van der Waals surface area (Å²) in [5.74, 6) is -0.498. The van der Waals surface area contributed by atoms with Gasteiger partial charge < -0.3 is 15.2 Å². The fourth-order valence-electron chi connectivity index (χ4n) is 3.76. The molecule has 2 N–H and O–H groups in total. The highest BCUT2D eigenvalue weighted by atomic mass is 19.4. The number of halogens is 3. The van der Waals surface area contributed by atoms with Gasteiger partial charge in [-0.15, -0.1) is 13.2 Å². The lowest BCUT2D eigenvalue weighted by atomic mass is 9.97. The minimum atomic E-state index is -4.87. The van der Waals surface area contributed by atoms with E-state index in [-0.39, 0.29) is 12.4 Å². The number of alkyl halides is 3. The second-order valence-electron chi connectivity index (χ2n) is 6.91. The van der Waals surface area contributed by atoms with Crippen molar-refractivity contribution in [3.8, 4) is 11.5 Å². The minimum Gasteiger partial charge on any atom is -0.489 e. The van der Waals surface area contributed by atoms with Crippen molar-refractivity contribution in [2.45, 2.75) is 25.7 Å². The number of urea groups is 1. The number of hydrogen-bond donors (Lipinski definition) is 1. The number of anilines is 1. The highest BCUT2D eigenvalue weighted by molar-refractivity contribution is 6.03. The first kappa shape index (κ1) is 19.8. The average Bonchev–Trinajstić information content (AvgIpc) is 2.68. The van der Waals surface area contributed by atoms with Crippen LogP contribution in [0.25, 0.3) is 10.8 Å². The van der Waals surface area contributed by atoms with Crippen molar-refractivity contribution in [2.75, 3.05) is 11.5 Å². The monoisotopic (exact) mass is 417 g/mol. The summed E-state index contributed by atoms with van der Waals surface area (Å²) in [6.07, 6.45) is -2.82. The molecular formula is C21H18F3N3O3. The lowest BCUT2D eigenvalue weighted by molar-refractivity contribution is -0.275. The van der Waals surface area contributed by atoms with Crippen LogP contribution in [0.15, 0.2) is 48.7 Å². The molecule has 0 spiro atoms. The fourth-order valence-corrected chi connectivity index (χ4v) is 3.76. The topological polar surface area (TPSA) is 77.7 Å². The molecule has 1 aliphatic rings. The third-order valence-electron chi connectivity index (χ3n) is 4.92. The molecule has 156 valence electrons. The lowest BCUT2D eigenvalue weighted by Gasteiger charge is -2.35. The molecule has 2 aromatic carbocycles. The Bertz CT molecular complexity index is 1120. The Morgan fingerprint density at radius 1 is 1.27 bits per heavy atom. The van der Waals surface area contributed by atoms with Crippen LogP contribution in [0.3, 0.4) is 0 Å². The van der Waals surface area contributed by atoms with Crippen molar-refractivity contribution in [3.63, 3.8) is 0 Å². The van der Waals surface area contributed by atoms with Crippen molar-refractivity contribution in [1.82, 2.24) is 4.98 Å². The van der Waals surface area contributed by atoms with E-state index < -0.39 is 24.2 Å². The van der Waals surface area contributed by atoms with E-state index in [1.165, 1.54) is 17.0 Å². The summed E-state index contributed by atoms with van der Waals surface area (Å²) in [6, 6.07) is 10.1. The number of benzene rings is 2. The van der Waals surface area contributed by atoms with Crippen LogP contribution >= 0.6 is 0 Å². The number of primary amides is 1. The predicted molar refractivity (Wildman–Crippen MR) is 105 cm³/mol. The van der Waals surface area contributed by atoms with Crippen LogP contribution in [-0.2, 0) is 0 Å². The number of aromatic nitrogens is 1. The number of carbonyl (C=O) groups excluding carboxylic acids is 1. The number of rotatable bonds is 3. The Kier molecular flexibility index (Phi) is 4.89. The van der Waals surface area contributed by atoms with Gasteiger partial charge in [-0.1, -0.05) is 24.3 Å². The number of hydrogen-bond acceptors (Lipinski definition) is 4. The molecule has 0 aliphatic carbocycles. The predicted octanol–water partition coefficient (Wildman–Crippen LogP) is 4.85. The van der Waals surface area contributed by atoms with E-state index >= 15 is 0 Å². The molecule has 0 saturated heterocycles. The average molecular weight is 417 g/mol. The first-order valence-electron chi connectivity index (χ1n) is 9.20. The van der Waals surface area contributed by atoms with Crippen LogP contribution in [-0.4, -0.2) is 24.0 Å². The Morgan fingerprint density at radius 3 is 2.77 bits per heavy atom. The van der Waals surface area contributed by atoms with Crippen molar-refractivity contribution in [3.05, 3.63) is 59.9 Å². The fraction of sp³-hybridized carbons (Fsp3) is 0.238. The van der Waals surface area contributed by atoms with Gasteiger partial charge in [-0.2, -0.15) is 0 Å². The third kappa shape index (κ3) is 3.70. The van der Waals surface area contributed by atoms with E-state index in [2.05, 4.69) is 9.72 Å². The molecule has 0 unspecified atom stereocenters. The Morgan fingerprint density at radius 2 is 2.03 bits per heavy atom. The van der Waals surface area contributed by atoms with Crippen LogP contribution < -0.4 is 20.1 Å². The zero-order valence-electron chi connectivity index (χ0n) is 15.9. The van der Waals surface area contributed by atoms with Gasteiger partial charge in [0.2, 0.25) is 0 Å². The number of nitrogens with zero attached hydrogens (tertiary/aromatic N) is 2. The van der Waals surface area contributed by atoms with Crippen LogP contribution in [0.1, 0.15) is 23.7 Å². The number of para-hydroxylation sites is 1. The van der Waals surface area contributed by atoms with Gasteiger partial charge in [-0.05, 0) is 25.1 Å². The summed E-state index contributed by atoms with van der Waals surface area (Å²) in [4.78, 5) is 18.2. The zero-order chi connectivity index (χ0) is 21.5. The summed E-state index contributed by atoms with van der Waals surface area (Å²) in [5, 5.41) is 1.57. The zero-order valence-corrected chi connectivity index (χ0v) is 15.9. The smallest absolute Gasteiger partial charge is 0.489 e. The van der Waals surface area contributed by atoms with E-state index in [0.29, 0.717) is 17.7 Å². The van der Waals surface area contributed by atoms with Crippen LogP contribution in [0, 0.1) is 6.92 Å². The second kappa shape index (κ2) is 7.40. The van der Waals surface area contributed by atoms with Gasteiger partial charge >= 0.3 is 12.4 Å². The van der Waals surface area contributed by atoms with Gasteiger partial charge in [0, 0.05) is 34.6 Å². The van der Waals surface area contributed by atoms with E-state index in [1.54, 1.807) is 24.4 Å². The molecule has 0 fully saturated rings. The van der Waals surface area contributed by atoms with Crippen molar-refractivity contribution < 1.29 is 27.4 Å². The number of amides is 2. The summed E-state index contributed by atoms with van der Waals surface area (Å²) >= 11 is 0. The van der Waals surface area contributed by atoms with Crippen molar-refractivity contribution in [1.29, 1.82) is 0 Å². The van der Waals surface area contributed by atoms with Crippen molar-refractivity contribution in [2.24, 2.45) is 5.73 Å². The van der Waals surface area contributed by atoms with E-state index in [4.69, 9.17) is 10.5 Å². The molecule has 2 amide bonds. The van der Waals surface area contributed by atoms with E-state index in [9.17, 15) is 18.0 Å². The molecular weight excluding hydrogens is 399 g/mol. The number of nitrogens with two attached hydrogens (primary N) is 1. The highest BCUT2D eigenvalue weighted by Crippen LogP contribution is 2.45. The van der Waals surface area contributed by atoms with Gasteiger partial charge in [0.15, 0.2) is 11.5 Å². The van der Waals surface area contributed by atoms with Gasteiger partial charge in [0.25, 0.3) is 0 Å². The SMILES string of the molecule is Cc1cc2c(N(C(N)=O)[C@@H]3CCOc4c(OC(F)(F)F)cccc43)cccc2cn1. The standard InChI is InChI=1S/C21H18F3N3O3/c1-12-10-15-13(11-26-12)4-2-6-16(15)27(20(25)28)17-8-9-29-19-14(17)5-3-7-18(19)30-21(22,23)24/h2-7,10-11,17H,8-9H2,1H3,(H2,25,28)/t17-/m1/s1. The molecule has 0 saturated carbocycles. The molecule has 4 rings (SSSR count). The summed E-state index contributed by atoms with van der Waals surface area (Å²) in [5.41, 5.74) is 7.44. The minimum absolute atomic E-state index is 0.0459. The first-order chi connectivity index (χ1) is 14.2. The third-order valence-corrected chi connectivity index (χ3v) is 4.92. The Balaban J connectivity index is 1.85. The number of ether oxygens (including phenoxy) is 2. The summed E-state index contributed by atoms with van der Waals surface area (Å²) < 4.78 is 48.0. The van der Waals surface area contributed by atoms with Crippen LogP contribution in [0.2, 0.25) is 0 Å². The number of carbonyl (C=O) groups is 1. The normalized spacial score (nSPS) is 15.9. The molecule has 3 aromatic rings. The quantitative estimate of drug-likeness (QED) is 0.661. The Hall–Kier alpha value is -3.49. The molecule has 2 heterocycles. The molecule has 9 heteroatoms. The molecule has 1 atom stereocenters. The van der Waals surface area contributed by atoms with Gasteiger partial charge in [0.05, 0.1) is 18.3 Å². The lowest BCUT2D eigenvalue weighted by Crippen LogP contribution is -2.41. The number of fused-ring (bicyclic) bond motifs is 2. The number of aryl methyl sites for hydroxylation is 1. The maximum atomic E-state index is 12.8. The second-order valence-corrected chi connectivity index (χ2v) is 6.91. The van der Waals surface area contributed by atoms with Crippen LogP contribution in [0.4, 0.5) is 23.7 Å². The van der Waals surface area contributed by atoms with Gasteiger partial charge in [-0.3, -0.25) is 9.88 Å². The Labute approximate surface area is 170 Å². The molecule has 1 aromatic heterocycles. The molecule has 0 radical (unpaired) electrons. The van der Waals surface area contributed by atoms with Gasteiger partial charge in [0.1, 0.15) is 0 Å². The first-order valence-corrected chi connectivity index (χ1v) is 9.20. The largest absolute Gasteiger partial charge is 0.573 e. The van der Waals surface area contributed by atoms with Crippen LogP contribution in [0.5, 0.6) is 11.5 Å². The highest BCUT2D eigenvalue weighted by Gasteiger charge is 2.37. The van der Waals surface area contributed by atoms with E-state index in [1.807, 2.05) is 19.1 Å². The molecule has 0 bridgehead atoms. The number of pyridine rings is 1. The maximum absolute atomic E-state index is 12.8. The van der Waals surface area contributed by atoms with E-state index in [0.717, 1.165) is 16.5 Å². The molecule has 6 nitrogen and oxygen atoms in total. The molecule has 30 heavy (non-hydrogen) atoms. The molecule has 1 aliphatic heterocycles. The summed E-state index contributed by atoms with van der Waals surface area (Å²) in [6.45, 7) is 1.93. The van der Waals surface area contributed by atoms with Gasteiger partial charge in [-0.25, -0.2) is 4.79 Å². The van der Waals surface area contributed by atoms with Crippen molar-refractivity contribution >= 4 is 22.5 Å².